The van der Waals surface area contributed by atoms with Crippen LogP contribution in [0.3, 0.4) is 0 Å². The SMILES string of the molecule is CCOc1ccc(-c2nccnc2N2CCN(Cc3c(C)nn(C)c3C)CC2)cc1.O=C(O)CCC(=O)O. The first-order valence-corrected chi connectivity index (χ1v) is 12.6. The fraction of sp³-hybridized carbons (Fsp3) is 0.444. The van der Waals surface area contributed by atoms with E-state index in [1.165, 1.54) is 11.3 Å². The number of aromatic nitrogens is 4. The Hall–Kier alpha value is -3.99. The first-order valence-electron chi connectivity index (χ1n) is 12.6. The summed E-state index contributed by atoms with van der Waals surface area (Å²) >= 11 is 0. The Morgan fingerprint density at radius 3 is 2.08 bits per heavy atom. The maximum Gasteiger partial charge on any atom is 0.303 e. The lowest BCUT2D eigenvalue weighted by Crippen LogP contribution is -2.46. The van der Waals surface area contributed by atoms with Crippen LogP contribution < -0.4 is 9.64 Å². The largest absolute Gasteiger partial charge is 0.494 e. The molecule has 0 radical (unpaired) electrons. The van der Waals surface area contributed by atoms with Gasteiger partial charge in [-0.3, -0.25) is 24.2 Å². The van der Waals surface area contributed by atoms with Gasteiger partial charge in [-0.15, -0.1) is 0 Å². The van der Waals surface area contributed by atoms with Crippen molar-refractivity contribution >= 4 is 17.8 Å². The summed E-state index contributed by atoms with van der Waals surface area (Å²) in [5.74, 6) is -0.323. The predicted molar refractivity (Wildman–Crippen MR) is 143 cm³/mol. The molecule has 1 aliphatic rings. The Morgan fingerprint density at radius 1 is 0.947 bits per heavy atom. The summed E-state index contributed by atoms with van der Waals surface area (Å²) in [4.78, 5) is 33.4. The van der Waals surface area contributed by atoms with Crippen molar-refractivity contribution < 1.29 is 24.5 Å². The van der Waals surface area contributed by atoms with Crippen molar-refractivity contribution in [1.82, 2.24) is 24.6 Å². The molecular formula is C27H36N6O5. The summed E-state index contributed by atoms with van der Waals surface area (Å²) in [6.07, 6.45) is 2.95. The number of rotatable bonds is 9. The van der Waals surface area contributed by atoms with E-state index in [-0.39, 0.29) is 12.8 Å². The molecule has 2 aromatic heterocycles. The normalized spacial score (nSPS) is 13.5. The van der Waals surface area contributed by atoms with Gasteiger partial charge in [0.2, 0.25) is 0 Å². The lowest BCUT2D eigenvalue weighted by Gasteiger charge is -2.36. The van der Waals surface area contributed by atoms with E-state index in [9.17, 15) is 9.59 Å². The second-order valence-corrected chi connectivity index (χ2v) is 9.01. The van der Waals surface area contributed by atoms with Crippen LogP contribution in [-0.4, -0.2) is 79.6 Å². The second kappa shape index (κ2) is 13.5. The van der Waals surface area contributed by atoms with E-state index in [1.807, 2.05) is 30.8 Å². The van der Waals surface area contributed by atoms with E-state index >= 15 is 0 Å². The molecule has 0 amide bonds. The molecule has 3 aromatic rings. The Labute approximate surface area is 222 Å². The van der Waals surface area contributed by atoms with E-state index in [0.29, 0.717) is 6.61 Å². The van der Waals surface area contributed by atoms with Crippen LogP contribution in [0.15, 0.2) is 36.7 Å². The number of carboxylic acids is 2. The Bertz CT molecular complexity index is 1210. The highest BCUT2D eigenvalue weighted by Crippen LogP contribution is 2.29. The molecule has 0 bridgehead atoms. The third-order valence-electron chi connectivity index (χ3n) is 6.38. The summed E-state index contributed by atoms with van der Waals surface area (Å²) in [7, 11) is 2.01. The first kappa shape index (κ1) is 28.6. The number of nitrogens with zero attached hydrogens (tertiary/aromatic N) is 6. The topological polar surface area (TPSA) is 134 Å². The fourth-order valence-corrected chi connectivity index (χ4v) is 4.24. The monoisotopic (exact) mass is 524 g/mol. The molecule has 1 aliphatic heterocycles. The minimum atomic E-state index is -1.08. The predicted octanol–water partition coefficient (Wildman–Crippen LogP) is 3.15. The van der Waals surface area contributed by atoms with Gasteiger partial charge >= 0.3 is 11.9 Å². The number of carbonyl (C=O) groups is 2. The third-order valence-corrected chi connectivity index (χ3v) is 6.38. The van der Waals surface area contributed by atoms with Gasteiger partial charge in [0.25, 0.3) is 0 Å². The number of anilines is 1. The van der Waals surface area contributed by atoms with Crippen molar-refractivity contribution in [1.29, 1.82) is 0 Å². The molecule has 2 N–H and O–H groups in total. The smallest absolute Gasteiger partial charge is 0.303 e. The average Bonchev–Trinajstić information content (AvgIpc) is 3.15. The Kier molecular flexibility index (Phi) is 10.2. The van der Waals surface area contributed by atoms with E-state index in [4.69, 9.17) is 14.9 Å². The number of hydrogen-bond donors (Lipinski definition) is 2. The third kappa shape index (κ3) is 7.75. The molecule has 0 aliphatic carbocycles. The van der Waals surface area contributed by atoms with E-state index in [0.717, 1.165) is 61.2 Å². The van der Waals surface area contributed by atoms with Gasteiger partial charge < -0.3 is 19.8 Å². The molecule has 0 unspecified atom stereocenters. The van der Waals surface area contributed by atoms with Crippen LogP contribution in [0.2, 0.25) is 0 Å². The molecule has 0 spiro atoms. The van der Waals surface area contributed by atoms with Crippen molar-refractivity contribution in [3.8, 4) is 17.0 Å². The number of hydrogen-bond acceptors (Lipinski definition) is 8. The van der Waals surface area contributed by atoms with Crippen LogP contribution in [-0.2, 0) is 23.2 Å². The number of aliphatic carboxylic acids is 2. The number of carboxylic acid groups (broad SMARTS) is 2. The zero-order chi connectivity index (χ0) is 27.7. The van der Waals surface area contributed by atoms with Gasteiger partial charge in [-0.25, -0.2) is 4.98 Å². The van der Waals surface area contributed by atoms with Crippen LogP contribution in [0.25, 0.3) is 11.3 Å². The molecule has 4 rings (SSSR count). The molecule has 0 atom stereocenters. The average molecular weight is 525 g/mol. The zero-order valence-electron chi connectivity index (χ0n) is 22.4. The standard InChI is InChI=1S/C23H30N6O.C4H6O4/c1-5-30-20-8-6-19(7-9-20)22-23(25-11-10-24-22)29-14-12-28(13-15-29)16-21-17(2)26-27(4)18(21)3;5-3(6)1-2-4(7)8/h6-11H,5,12-16H2,1-4H3;1-2H2,(H,5,6)(H,7,8). The van der Waals surface area contributed by atoms with Crippen molar-refractivity contribution in [2.75, 3.05) is 37.7 Å². The molecule has 1 saturated heterocycles. The van der Waals surface area contributed by atoms with Gasteiger partial charge in [-0.1, -0.05) is 0 Å². The van der Waals surface area contributed by atoms with Crippen LogP contribution in [0.4, 0.5) is 5.82 Å². The zero-order valence-corrected chi connectivity index (χ0v) is 22.4. The van der Waals surface area contributed by atoms with Crippen molar-refractivity contribution in [3.05, 3.63) is 53.6 Å². The lowest BCUT2D eigenvalue weighted by molar-refractivity contribution is -0.143. The van der Waals surface area contributed by atoms with Gasteiger partial charge in [-0.2, -0.15) is 5.10 Å². The number of piperazine rings is 1. The van der Waals surface area contributed by atoms with Crippen LogP contribution in [0.5, 0.6) is 5.75 Å². The minimum absolute atomic E-state index is 0.296. The molecule has 1 aromatic carbocycles. The van der Waals surface area contributed by atoms with Crippen molar-refractivity contribution in [3.63, 3.8) is 0 Å². The molecule has 11 heteroatoms. The van der Waals surface area contributed by atoms with Crippen molar-refractivity contribution in [2.45, 2.75) is 40.2 Å². The molecule has 0 saturated carbocycles. The number of benzene rings is 1. The van der Waals surface area contributed by atoms with Gasteiger partial charge in [0, 0.05) is 69.0 Å². The quantitative estimate of drug-likeness (QED) is 0.430. The Balaban J connectivity index is 0.000000436. The molecule has 1 fully saturated rings. The molecule has 204 valence electrons. The van der Waals surface area contributed by atoms with E-state index in [1.54, 1.807) is 12.4 Å². The fourth-order valence-electron chi connectivity index (χ4n) is 4.24. The first-order chi connectivity index (χ1) is 18.2. The molecular weight excluding hydrogens is 488 g/mol. The van der Waals surface area contributed by atoms with Gasteiger partial charge in [-0.05, 0) is 45.0 Å². The summed E-state index contributed by atoms with van der Waals surface area (Å²) < 4.78 is 7.54. The van der Waals surface area contributed by atoms with E-state index in [2.05, 4.69) is 50.8 Å². The molecule has 11 nitrogen and oxygen atoms in total. The van der Waals surface area contributed by atoms with E-state index < -0.39 is 11.9 Å². The number of ether oxygens (including phenoxy) is 1. The summed E-state index contributed by atoms with van der Waals surface area (Å²) in [5.41, 5.74) is 5.71. The van der Waals surface area contributed by atoms with Crippen LogP contribution in [0, 0.1) is 13.8 Å². The lowest BCUT2D eigenvalue weighted by atomic mass is 10.1. The van der Waals surface area contributed by atoms with Gasteiger partial charge in [0.1, 0.15) is 11.4 Å². The highest BCUT2D eigenvalue weighted by molar-refractivity contribution is 5.75. The maximum absolute atomic E-state index is 9.64. The minimum Gasteiger partial charge on any atom is -0.494 e. The molecule has 38 heavy (non-hydrogen) atoms. The maximum atomic E-state index is 9.64. The summed E-state index contributed by atoms with van der Waals surface area (Å²) in [6.45, 7) is 11.7. The van der Waals surface area contributed by atoms with Gasteiger partial charge in [0.05, 0.1) is 25.1 Å². The van der Waals surface area contributed by atoms with Crippen LogP contribution in [0.1, 0.15) is 36.7 Å². The highest BCUT2D eigenvalue weighted by Gasteiger charge is 2.23. The molecule has 3 heterocycles. The van der Waals surface area contributed by atoms with Crippen LogP contribution >= 0.6 is 0 Å². The second-order valence-electron chi connectivity index (χ2n) is 9.01. The highest BCUT2D eigenvalue weighted by atomic mass is 16.5. The summed E-state index contributed by atoms with van der Waals surface area (Å²) in [6, 6.07) is 8.10. The van der Waals surface area contributed by atoms with Crippen molar-refractivity contribution in [2.24, 2.45) is 7.05 Å². The number of aryl methyl sites for hydroxylation is 2. The Morgan fingerprint density at radius 2 is 1.55 bits per heavy atom. The van der Waals surface area contributed by atoms with Gasteiger partial charge in [0.15, 0.2) is 5.82 Å². The summed E-state index contributed by atoms with van der Waals surface area (Å²) in [5, 5.41) is 20.4.